The van der Waals surface area contributed by atoms with Crippen LogP contribution in [0, 0.1) is 13.8 Å². The van der Waals surface area contributed by atoms with E-state index in [9.17, 15) is 0 Å². The molecule has 2 aromatic rings. The second-order valence-electron chi connectivity index (χ2n) is 6.05. The first-order chi connectivity index (χ1) is 11.5. The molecule has 0 bridgehead atoms. The largest absolute Gasteiger partial charge is 0.356 e. The van der Waals surface area contributed by atoms with Gasteiger partial charge in [0.15, 0.2) is 5.96 Å². The number of benzene rings is 1. The molecule has 5 nitrogen and oxygen atoms in total. The third kappa shape index (κ3) is 4.60. The van der Waals surface area contributed by atoms with E-state index in [0.29, 0.717) is 0 Å². The van der Waals surface area contributed by atoms with Gasteiger partial charge in [-0.05, 0) is 37.8 Å². The summed E-state index contributed by atoms with van der Waals surface area (Å²) in [6.45, 7) is 7.90. The van der Waals surface area contributed by atoms with Gasteiger partial charge in [0.1, 0.15) is 0 Å². The normalized spacial score (nSPS) is 11.6. The number of nitrogens with one attached hydrogen (secondary N) is 2. The van der Waals surface area contributed by atoms with Gasteiger partial charge in [0, 0.05) is 38.4 Å². The molecule has 0 amide bonds. The van der Waals surface area contributed by atoms with E-state index in [0.717, 1.165) is 37.6 Å². The summed E-state index contributed by atoms with van der Waals surface area (Å²) >= 11 is 0. The van der Waals surface area contributed by atoms with Crippen LogP contribution in [0.4, 0.5) is 0 Å². The summed E-state index contributed by atoms with van der Waals surface area (Å²) in [7, 11) is 3.77. The zero-order valence-corrected chi connectivity index (χ0v) is 15.5. The number of guanidine groups is 1. The van der Waals surface area contributed by atoms with Crippen LogP contribution in [0.5, 0.6) is 0 Å². The molecule has 0 spiro atoms. The van der Waals surface area contributed by atoms with Crippen LogP contribution in [0.15, 0.2) is 29.3 Å². The topological polar surface area (TPSA) is 54.2 Å². The number of aryl methyl sites for hydroxylation is 3. The number of aliphatic imine (C=N–C) groups is 1. The standard InChI is InChI=1S/C19H29N5/c1-6-16-7-9-17(10-8-16)11-12-21-19(20-4)22-13-18-14(2)23-24(5)15(18)3/h7-10H,6,11-13H2,1-5H3,(H2,20,21,22). The van der Waals surface area contributed by atoms with E-state index >= 15 is 0 Å². The molecule has 0 unspecified atom stereocenters. The minimum atomic E-state index is 0.733. The van der Waals surface area contributed by atoms with Crippen LogP contribution in [-0.4, -0.2) is 29.3 Å². The van der Waals surface area contributed by atoms with Gasteiger partial charge in [0.05, 0.1) is 5.69 Å². The minimum absolute atomic E-state index is 0.733. The molecule has 0 radical (unpaired) electrons. The lowest BCUT2D eigenvalue weighted by molar-refractivity contribution is 0.728. The Labute approximate surface area is 145 Å². The lowest BCUT2D eigenvalue weighted by Crippen LogP contribution is -2.38. The first-order valence-corrected chi connectivity index (χ1v) is 8.56. The van der Waals surface area contributed by atoms with Crippen molar-refractivity contribution in [3.05, 3.63) is 52.3 Å². The first kappa shape index (κ1) is 18.0. The molecule has 1 heterocycles. The molecule has 0 saturated heterocycles. The predicted octanol–water partition coefficient (Wildman–Crippen LogP) is 2.51. The SMILES string of the molecule is CCc1ccc(CCNC(=NC)NCc2c(C)nn(C)c2C)cc1. The summed E-state index contributed by atoms with van der Waals surface area (Å²) in [5.41, 5.74) is 6.21. The van der Waals surface area contributed by atoms with Crippen LogP contribution in [0.2, 0.25) is 0 Å². The third-order valence-electron chi connectivity index (χ3n) is 4.45. The molecule has 2 N–H and O–H groups in total. The monoisotopic (exact) mass is 327 g/mol. The second kappa shape index (κ2) is 8.52. The van der Waals surface area contributed by atoms with Crippen molar-refractivity contribution >= 4 is 5.96 Å². The van der Waals surface area contributed by atoms with E-state index in [4.69, 9.17) is 0 Å². The fourth-order valence-electron chi connectivity index (χ4n) is 2.73. The molecule has 24 heavy (non-hydrogen) atoms. The van der Waals surface area contributed by atoms with Gasteiger partial charge in [-0.3, -0.25) is 9.67 Å². The highest BCUT2D eigenvalue weighted by atomic mass is 15.3. The van der Waals surface area contributed by atoms with Crippen molar-refractivity contribution < 1.29 is 0 Å². The average molecular weight is 327 g/mol. The molecule has 0 aliphatic heterocycles. The summed E-state index contributed by atoms with van der Waals surface area (Å²) < 4.78 is 1.92. The summed E-state index contributed by atoms with van der Waals surface area (Å²) in [6.07, 6.45) is 2.07. The fourth-order valence-corrected chi connectivity index (χ4v) is 2.73. The number of hydrogen-bond donors (Lipinski definition) is 2. The summed E-state index contributed by atoms with van der Waals surface area (Å²) in [5, 5.41) is 11.2. The number of aromatic nitrogens is 2. The van der Waals surface area contributed by atoms with E-state index in [2.05, 4.69) is 58.8 Å². The van der Waals surface area contributed by atoms with Gasteiger partial charge in [-0.15, -0.1) is 0 Å². The number of nitrogens with zero attached hydrogens (tertiary/aromatic N) is 3. The Hall–Kier alpha value is -2.30. The van der Waals surface area contributed by atoms with Crippen molar-refractivity contribution in [3.63, 3.8) is 0 Å². The van der Waals surface area contributed by atoms with Crippen LogP contribution in [0.25, 0.3) is 0 Å². The van der Waals surface area contributed by atoms with Crippen molar-refractivity contribution in [1.29, 1.82) is 0 Å². The quantitative estimate of drug-likeness (QED) is 0.633. The average Bonchev–Trinajstić information content (AvgIpc) is 2.84. The van der Waals surface area contributed by atoms with Gasteiger partial charge in [-0.1, -0.05) is 31.2 Å². The van der Waals surface area contributed by atoms with Gasteiger partial charge >= 0.3 is 0 Å². The highest BCUT2D eigenvalue weighted by Crippen LogP contribution is 2.11. The Balaban J connectivity index is 1.82. The van der Waals surface area contributed by atoms with E-state index in [-0.39, 0.29) is 0 Å². The maximum absolute atomic E-state index is 4.45. The summed E-state index contributed by atoms with van der Waals surface area (Å²) in [5.74, 6) is 0.822. The smallest absolute Gasteiger partial charge is 0.191 e. The third-order valence-corrected chi connectivity index (χ3v) is 4.45. The fraction of sp³-hybridized carbons (Fsp3) is 0.474. The van der Waals surface area contributed by atoms with E-state index in [1.165, 1.54) is 22.4 Å². The van der Waals surface area contributed by atoms with E-state index in [1.54, 1.807) is 7.05 Å². The molecule has 2 rings (SSSR count). The van der Waals surface area contributed by atoms with Crippen LogP contribution < -0.4 is 10.6 Å². The Bertz CT molecular complexity index is 683. The Kier molecular flexibility index (Phi) is 6.41. The molecule has 1 aromatic heterocycles. The highest BCUT2D eigenvalue weighted by Gasteiger charge is 2.09. The van der Waals surface area contributed by atoms with Gasteiger partial charge in [-0.25, -0.2) is 0 Å². The molecule has 0 saturated carbocycles. The molecule has 1 aromatic carbocycles. The molecule has 0 atom stereocenters. The summed E-state index contributed by atoms with van der Waals surface area (Å²) in [4.78, 5) is 4.30. The molecule has 0 aliphatic rings. The van der Waals surface area contributed by atoms with Crippen molar-refractivity contribution in [1.82, 2.24) is 20.4 Å². The van der Waals surface area contributed by atoms with Crippen molar-refractivity contribution in [2.45, 2.75) is 40.2 Å². The molecular formula is C19H29N5. The molecule has 5 heteroatoms. The summed E-state index contributed by atoms with van der Waals surface area (Å²) in [6, 6.07) is 8.82. The van der Waals surface area contributed by atoms with Crippen LogP contribution in [-0.2, 0) is 26.4 Å². The van der Waals surface area contributed by atoms with Crippen molar-refractivity contribution in [3.8, 4) is 0 Å². The van der Waals surface area contributed by atoms with Crippen LogP contribution in [0.1, 0.15) is 35.0 Å². The van der Waals surface area contributed by atoms with E-state index < -0.39 is 0 Å². The molecule has 0 fully saturated rings. The second-order valence-corrected chi connectivity index (χ2v) is 6.05. The lowest BCUT2D eigenvalue weighted by Gasteiger charge is -2.12. The van der Waals surface area contributed by atoms with Gasteiger partial charge in [0.25, 0.3) is 0 Å². The van der Waals surface area contributed by atoms with Crippen LogP contribution >= 0.6 is 0 Å². The van der Waals surface area contributed by atoms with Gasteiger partial charge in [-0.2, -0.15) is 5.10 Å². The Morgan fingerprint density at radius 2 is 1.79 bits per heavy atom. The number of rotatable bonds is 6. The van der Waals surface area contributed by atoms with Crippen molar-refractivity contribution in [2.75, 3.05) is 13.6 Å². The van der Waals surface area contributed by atoms with Gasteiger partial charge in [0.2, 0.25) is 0 Å². The molecule has 130 valence electrons. The lowest BCUT2D eigenvalue weighted by atomic mass is 10.1. The maximum atomic E-state index is 4.45. The predicted molar refractivity (Wildman–Crippen MR) is 100 cm³/mol. The number of hydrogen-bond acceptors (Lipinski definition) is 2. The first-order valence-electron chi connectivity index (χ1n) is 8.56. The maximum Gasteiger partial charge on any atom is 0.191 e. The van der Waals surface area contributed by atoms with Crippen LogP contribution in [0.3, 0.4) is 0 Å². The Morgan fingerprint density at radius 3 is 2.33 bits per heavy atom. The highest BCUT2D eigenvalue weighted by molar-refractivity contribution is 5.79. The van der Waals surface area contributed by atoms with Crippen molar-refractivity contribution in [2.24, 2.45) is 12.0 Å². The minimum Gasteiger partial charge on any atom is -0.356 e. The van der Waals surface area contributed by atoms with E-state index in [1.807, 2.05) is 18.7 Å². The van der Waals surface area contributed by atoms with Gasteiger partial charge < -0.3 is 10.6 Å². The Morgan fingerprint density at radius 1 is 1.12 bits per heavy atom. The molecular weight excluding hydrogens is 298 g/mol. The zero-order valence-electron chi connectivity index (χ0n) is 15.5. The zero-order chi connectivity index (χ0) is 17.5. The molecule has 0 aliphatic carbocycles.